The summed E-state index contributed by atoms with van der Waals surface area (Å²) in [5.74, 6) is 0.781. The van der Waals surface area contributed by atoms with Gasteiger partial charge < -0.3 is 20.1 Å². The van der Waals surface area contributed by atoms with Crippen LogP contribution in [0.15, 0.2) is 48.5 Å². The van der Waals surface area contributed by atoms with Crippen LogP contribution in [0.1, 0.15) is 18.1 Å². The highest BCUT2D eigenvalue weighted by atomic mass is 16.5. The topological polar surface area (TPSA) is 76.7 Å². The third-order valence-corrected chi connectivity index (χ3v) is 3.80. The summed E-state index contributed by atoms with van der Waals surface area (Å²) in [5.41, 5.74) is 2.15. The Morgan fingerprint density at radius 3 is 2.08 bits per heavy atom. The van der Waals surface area contributed by atoms with Crippen LogP contribution in [0.25, 0.3) is 0 Å². The van der Waals surface area contributed by atoms with Crippen molar-refractivity contribution in [1.29, 1.82) is 0 Å². The lowest BCUT2D eigenvalue weighted by Crippen LogP contribution is -2.38. The first-order chi connectivity index (χ1) is 12.6. The summed E-state index contributed by atoms with van der Waals surface area (Å²) in [6, 6.07) is 15.0. The smallest absolute Gasteiger partial charge is 0.258 e. The summed E-state index contributed by atoms with van der Waals surface area (Å²) in [6.07, 6.45) is 0.951. The van der Waals surface area contributed by atoms with Crippen molar-refractivity contribution in [3.63, 3.8) is 0 Å². The maximum atomic E-state index is 11.8. The largest absolute Gasteiger partial charge is 0.497 e. The molecule has 0 unspecified atom stereocenters. The quantitative estimate of drug-likeness (QED) is 0.721. The van der Waals surface area contributed by atoms with Crippen molar-refractivity contribution in [2.24, 2.45) is 0 Å². The molecular formula is C20H24N2O4. The number of aryl methyl sites for hydroxylation is 1. The summed E-state index contributed by atoms with van der Waals surface area (Å²) < 4.78 is 10.5. The molecule has 0 spiro atoms. The standard InChI is InChI=1S/C20H24N2O4/c1-3-15-4-10-18(11-5-15)26-14-20(24)22-13-19(23)21-12-16-6-8-17(25-2)9-7-16/h4-11H,3,12-14H2,1-2H3,(H,21,23)(H,22,24). The van der Waals surface area contributed by atoms with E-state index in [2.05, 4.69) is 17.6 Å². The molecule has 2 N–H and O–H groups in total. The molecule has 138 valence electrons. The van der Waals surface area contributed by atoms with Crippen LogP contribution in [0.4, 0.5) is 0 Å². The molecule has 0 atom stereocenters. The summed E-state index contributed by atoms with van der Waals surface area (Å²) in [4.78, 5) is 23.6. The van der Waals surface area contributed by atoms with Crippen LogP contribution in [0.2, 0.25) is 0 Å². The fourth-order valence-corrected chi connectivity index (χ4v) is 2.21. The van der Waals surface area contributed by atoms with E-state index in [-0.39, 0.29) is 25.0 Å². The van der Waals surface area contributed by atoms with Gasteiger partial charge in [0.2, 0.25) is 5.91 Å². The molecular weight excluding hydrogens is 332 g/mol. The van der Waals surface area contributed by atoms with Crippen LogP contribution < -0.4 is 20.1 Å². The van der Waals surface area contributed by atoms with E-state index < -0.39 is 0 Å². The van der Waals surface area contributed by atoms with Gasteiger partial charge in [0.1, 0.15) is 11.5 Å². The van der Waals surface area contributed by atoms with Crippen molar-refractivity contribution < 1.29 is 19.1 Å². The fourth-order valence-electron chi connectivity index (χ4n) is 2.21. The number of rotatable bonds is 9. The minimum Gasteiger partial charge on any atom is -0.497 e. The minimum atomic E-state index is -0.343. The first-order valence-electron chi connectivity index (χ1n) is 8.48. The summed E-state index contributed by atoms with van der Waals surface area (Å²) in [6.45, 7) is 2.24. The van der Waals surface area contributed by atoms with Crippen LogP contribution in [0.5, 0.6) is 11.5 Å². The second-order valence-corrected chi connectivity index (χ2v) is 5.69. The molecule has 0 heterocycles. The number of carbonyl (C=O) groups excluding carboxylic acids is 2. The molecule has 0 saturated carbocycles. The molecule has 6 nitrogen and oxygen atoms in total. The Morgan fingerprint density at radius 1 is 0.846 bits per heavy atom. The number of hydrogen-bond donors (Lipinski definition) is 2. The van der Waals surface area contributed by atoms with Crippen LogP contribution in [-0.2, 0) is 22.6 Å². The summed E-state index contributed by atoms with van der Waals surface area (Å²) in [5, 5.41) is 5.28. The van der Waals surface area contributed by atoms with Gasteiger partial charge in [0.05, 0.1) is 13.7 Å². The van der Waals surface area contributed by atoms with Crippen molar-refractivity contribution in [2.45, 2.75) is 19.9 Å². The lowest BCUT2D eigenvalue weighted by atomic mass is 10.2. The molecule has 0 radical (unpaired) electrons. The Balaban J connectivity index is 1.64. The minimum absolute atomic E-state index is 0.0902. The van der Waals surface area contributed by atoms with Gasteiger partial charge in [-0.2, -0.15) is 0 Å². The van der Waals surface area contributed by atoms with Gasteiger partial charge in [0.15, 0.2) is 6.61 Å². The van der Waals surface area contributed by atoms with Gasteiger partial charge in [0, 0.05) is 6.54 Å². The van der Waals surface area contributed by atoms with Crippen molar-refractivity contribution in [1.82, 2.24) is 10.6 Å². The SMILES string of the molecule is CCc1ccc(OCC(=O)NCC(=O)NCc2ccc(OC)cc2)cc1. The Labute approximate surface area is 153 Å². The first-order valence-corrected chi connectivity index (χ1v) is 8.48. The van der Waals surface area contributed by atoms with E-state index in [9.17, 15) is 9.59 Å². The summed E-state index contributed by atoms with van der Waals surface area (Å²) in [7, 11) is 1.60. The van der Waals surface area contributed by atoms with E-state index >= 15 is 0 Å². The normalized spacial score (nSPS) is 10.1. The van der Waals surface area contributed by atoms with E-state index in [1.54, 1.807) is 7.11 Å². The highest BCUT2D eigenvalue weighted by Crippen LogP contribution is 2.12. The Kier molecular flexibility index (Phi) is 7.49. The van der Waals surface area contributed by atoms with Gasteiger partial charge in [-0.25, -0.2) is 0 Å². The molecule has 2 aromatic rings. The zero-order chi connectivity index (χ0) is 18.8. The second-order valence-electron chi connectivity index (χ2n) is 5.69. The zero-order valence-electron chi connectivity index (χ0n) is 15.1. The van der Waals surface area contributed by atoms with Gasteiger partial charge in [-0.3, -0.25) is 9.59 Å². The molecule has 0 saturated heterocycles. The Bertz CT molecular complexity index is 648. The lowest BCUT2D eigenvalue weighted by molar-refractivity contribution is -0.127. The van der Waals surface area contributed by atoms with E-state index in [1.165, 1.54) is 5.56 Å². The molecule has 0 aliphatic rings. The van der Waals surface area contributed by atoms with Crippen molar-refractivity contribution in [2.75, 3.05) is 20.3 Å². The molecule has 0 aromatic heterocycles. The van der Waals surface area contributed by atoms with Gasteiger partial charge >= 0.3 is 0 Å². The third-order valence-electron chi connectivity index (χ3n) is 3.80. The van der Waals surface area contributed by atoms with Crippen LogP contribution in [0, 0.1) is 0 Å². The number of benzene rings is 2. The molecule has 26 heavy (non-hydrogen) atoms. The van der Waals surface area contributed by atoms with Crippen molar-refractivity contribution >= 4 is 11.8 Å². The van der Waals surface area contributed by atoms with E-state index in [4.69, 9.17) is 9.47 Å². The molecule has 2 amide bonds. The number of methoxy groups -OCH3 is 1. The summed E-state index contributed by atoms with van der Waals surface area (Å²) >= 11 is 0. The average Bonchev–Trinajstić information content (AvgIpc) is 2.69. The van der Waals surface area contributed by atoms with Crippen molar-refractivity contribution in [3.05, 3.63) is 59.7 Å². The van der Waals surface area contributed by atoms with E-state index in [0.29, 0.717) is 12.3 Å². The van der Waals surface area contributed by atoms with Gasteiger partial charge in [-0.05, 0) is 41.8 Å². The van der Waals surface area contributed by atoms with Gasteiger partial charge in [-0.15, -0.1) is 0 Å². The van der Waals surface area contributed by atoms with Crippen LogP contribution in [-0.4, -0.2) is 32.1 Å². The second kappa shape index (κ2) is 10.1. The number of nitrogens with one attached hydrogen (secondary N) is 2. The molecule has 2 aromatic carbocycles. The molecule has 6 heteroatoms. The fraction of sp³-hybridized carbons (Fsp3) is 0.300. The van der Waals surface area contributed by atoms with E-state index in [1.807, 2.05) is 48.5 Å². The highest BCUT2D eigenvalue weighted by Gasteiger charge is 2.06. The number of carbonyl (C=O) groups is 2. The van der Waals surface area contributed by atoms with Gasteiger partial charge in [0.25, 0.3) is 5.91 Å². The van der Waals surface area contributed by atoms with Gasteiger partial charge in [-0.1, -0.05) is 31.2 Å². The maximum Gasteiger partial charge on any atom is 0.258 e. The predicted molar refractivity (Wildman–Crippen MR) is 99.2 cm³/mol. The van der Waals surface area contributed by atoms with Crippen molar-refractivity contribution in [3.8, 4) is 11.5 Å². The lowest BCUT2D eigenvalue weighted by Gasteiger charge is -2.09. The molecule has 2 rings (SSSR count). The van der Waals surface area contributed by atoms with Crippen LogP contribution in [0.3, 0.4) is 0 Å². The monoisotopic (exact) mass is 356 g/mol. The number of ether oxygens (including phenoxy) is 2. The highest BCUT2D eigenvalue weighted by molar-refractivity contribution is 5.85. The number of hydrogen-bond acceptors (Lipinski definition) is 4. The van der Waals surface area contributed by atoms with E-state index in [0.717, 1.165) is 17.7 Å². The predicted octanol–water partition coefficient (Wildman–Crippen LogP) is 2.07. The third kappa shape index (κ3) is 6.47. The molecule has 0 fully saturated rings. The Hall–Kier alpha value is -3.02. The maximum absolute atomic E-state index is 11.8. The molecule has 0 bridgehead atoms. The first kappa shape index (κ1) is 19.3. The Morgan fingerprint density at radius 2 is 1.46 bits per heavy atom. The average molecular weight is 356 g/mol. The number of amides is 2. The molecule has 0 aliphatic carbocycles. The zero-order valence-corrected chi connectivity index (χ0v) is 15.1. The van der Waals surface area contributed by atoms with Crippen LogP contribution >= 0.6 is 0 Å². The molecule has 0 aliphatic heterocycles.